The predicted molar refractivity (Wildman–Crippen MR) is 104 cm³/mol. The van der Waals surface area contributed by atoms with Gasteiger partial charge in [0.1, 0.15) is 0 Å². The first-order chi connectivity index (χ1) is 12.9. The predicted octanol–water partition coefficient (Wildman–Crippen LogP) is 2.44. The van der Waals surface area contributed by atoms with Crippen LogP contribution in [0, 0.1) is 11.8 Å². The molecule has 6 nitrogen and oxygen atoms in total. The van der Waals surface area contributed by atoms with E-state index in [0.717, 1.165) is 6.42 Å². The lowest BCUT2D eigenvalue weighted by atomic mass is 10.1. The summed E-state index contributed by atoms with van der Waals surface area (Å²) >= 11 is 12.1. The van der Waals surface area contributed by atoms with E-state index >= 15 is 0 Å². The van der Waals surface area contributed by atoms with Crippen molar-refractivity contribution in [2.75, 3.05) is 32.7 Å². The van der Waals surface area contributed by atoms with Gasteiger partial charge in [0.2, 0.25) is 11.8 Å². The quantitative estimate of drug-likeness (QED) is 0.808. The number of halogens is 2. The molecule has 0 unspecified atom stereocenters. The second-order valence-corrected chi connectivity index (χ2v) is 7.92. The first kappa shape index (κ1) is 20.0. The Morgan fingerprint density at radius 1 is 1.11 bits per heavy atom. The van der Waals surface area contributed by atoms with Crippen LogP contribution in [0.25, 0.3) is 0 Å². The van der Waals surface area contributed by atoms with Gasteiger partial charge in [-0.3, -0.25) is 14.4 Å². The first-order valence-electron chi connectivity index (χ1n) is 9.17. The highest BCUT2D eigenvalue weighted by molar-refractivity contribution is 6.43. The molecule has 0 aromatic heterocycles. The molecule has 1 aromatic carbocycles. The van der Waals surface area contributed by atoms with E-state index in [1.165, 1.54) is 0 Å². The van der Waals surface area contributed by atoms with Crippen LogP contribution >= 0.6 is 23.2 Å². The van der Waals surface area contributed by atoms with Crippen molar-refractivity contribution in [2.45, 2.75) is 19.8 Å². The van der Waals surface area contributed by atoms with Crippen molar-refractivity contribution in [1.29, 1.82) is 0 Å². The van der Waals surface area contributed by atoms with Crippen molar-refractivity contribution in [2.24, 2.45) is 11.8 Å². The van der Waals surface area contributed by atoms with Gasteiger partial charge in [0.25, 0.3) is 5.91 Å². The smallest absolute Gasteiger partial charge is 0.255 e. The van der Waals surface area contributed by atoms with Crippen LogP contribution in [0.4, 0.5) is 0 Å². The Kier molecular flexibility index (Phi) is 6.27. The van der Waals surface area contributed by atoms with Crippen molar-refractivity contribution in [3.8, 4) is 0 Å². The molecule has 8 heteroatoms. The number of benzene rings is 1. The number of piperazine rings is 1. The van der Waals surface area contributed by atoms with Crippen LogP contribution in [0.15, 0.2) is 18.2 Å². The lowest BCUT2D eigenvalue weighted by Gasteiger charge is -2.35. The minimum Gasteiger partial charge on any atom is -0.355 e. The molecule has 146 valence electrons. The molecule has 27 heavy (non-hydrogen) atoms. The number of amides is 3. The molecule has 1 saturated heterocycles. The fourth-order valence-corrected chi connectivity index (χ4v) is 3.65. The average molecular weight is 412 g/mol. The summed E-state index contributed by atoms with van der Waals surface area (Å²) in [6.07, 6.45) is 1.22. The third-order valence-electron chi connectivity index (χ3n) is 5.19. The van der Waals surface area contributed by atoms with E-state index in [-0.39, 0.29) is 35.1 Å². The molecule has 1 N–H and O–H groups in total. The maximum atomic E-state index is 12.6. The topological polar surface area (TPSA) is 69.7 Å². The molecule has 1 heterocycles. The maximum Gasteiger partial charge on any atom is 0.255 e. The number of nitrogens with zero attached hydrogens (tertiary/aromatic N) is 2. The average Bonchev–Trinajstić information content (AvgIpc) is 3.40. The molecule has 3 amide bonds. The van der Waals surface area contributed by atoms with Gasteiger partial charge in [-0.2, -0.15) is 0 Å². The van der Waals surface area contributed by atoms with E-state index in [1.807, 2.05) is 6.92 Å². The molecule has 1 aliphatic heterocycles. The fourth-order valence-electron chi connectivity index (χ4n) is 3.27. The number of hydrogen-bond donors (Lipinski definition) is 1. The van der Waals surface area contributed by atoms with Gasteiger partial charge in [0.05, 0.1) is 15.6 Å². The molecule has 0 bridgehead atoms. The van der Waals surface area contributed by atoms with Gasteiger partial charge >= 0.3 is 0 Å². The zero-order valence-electron chi connectivity index (χ0n) is 15.2. The monoisotopic (exact) mass is 411 g/mol. The molecule has 0 spiro atoms. The van der Waals surface area contributed by atoms with Crippen LogP contribution in [0.1, 0.15) is 30.1 Å². The van der Waals surface area contributed by atoms with Crippen LogP contribution in [-0.4, -0.2) is 60.2 Å². The lowest BCUT2D eigenvalue weighted by molar-refractivity contribution is -0.132. The Labute approximate surface area is 168 Å². The summed E-state index contributed by atoms with van der Waals surface area (Å²) in [5, 5.41) is 3.43. The van der Waals surface area contributed by atoms with Crippen molar-refractivity contribution >= 4 is 40.9 Å². The second-order valence-electron chi connectivity index (χ2n) is 7.13. The van der Waals surface area contributed by atoms with Crippen LogP contribution in [-0.2, 0) is 9.59 Å². The summed E-state index contributed by atoms with van der Waals surface area (Å²) in [7, 11) is 0. The standard InChI is InChI=1S/C19H23Cl2N3O3/c1-12-11-14(12)18(26)22-6-5-16(25)23-7-9-24(10-8-23)19(27)13-3-2-4-15(20)17(13)21/h2-4,12,14H,5-11H2,1H3,(H,22,26)/t12-,14-/m0/s1. The molecule has 2 atom stereocenters. The molecule has 2 aliphatic rings. The van der Waals surface area contributed by atoms with Crippen molar-refractivity contribution in [3.05, 3.63) is 33.8 Å². The zero-order valence-corrected chi connectivity index (χ0v) is 16.7. The molecule has 1 aromatic rings. The van der Waals surface area contributed by atoms with Gasteiger partial charge < -0.3 is 15.1 Å². The Morgan fingerprint density at radius 3 is 2.37 bits per heavy atom. The van der Waals surface area contributed by atoms with E-state index in [1.54, 1.807) is 28.0 Å². The highest BCUT2D eigenvalue weighted by Gasteiger charge is 2.38. The van der Waals surface area contributed by atoms with E-state index in [4.69, 9.17) is 23.2 Å². The minimum atomic E-state index is -0.180. The van der Waals surface area contributed by atoms with E-state index < -0.39 is 0 Å². The molecule has 3 rings (SSSR count). The van der Waals surface area contributed by atoms with Crippen LogP contribution in [0.3, 0.4) is 0 Å². The van der Waals surface area contributed by atoms with Gasteiger partial charge in [0.15, 0.2) is 0 Å². The van der Waals surface area contributed by atoms with E-state index in [0.29, 0.717) is 49.2 Å². The van der Waals surface area contributed by atoms with Gasteiger partial charge in [-0.1, -0.05) is 36.2 Å². The van der Waals surface area contributed by atoms with E-state index in [2.05, 4.69) is 5.32 Å². The summed E-state index contributed by atoms with van der Waals surface area (Å²) in [6, 6.07) is 4.98. The van der Waals surface area contributed by atoms with Crippen LogP contribution in [0.2, 0.25) is 10.0 Å². The summed E-state index contributed by atoms with van der Waals surface area (Å²) in [6.45, 7) is 4.23. The van der Waals surface area contributed by atoms with Crippen LogP contribution in [0.5, 0.6) is 0 Å². The zero-order chi connectivity index (χ0) is 19.6. The third-order valence-corrected chi connectivity index (χ3v) is 6.00. The molecular formula is C19H23Cl2N3O3. The van der Waals surface area contributed by atoms with Crippen LogP contribution < -0.4 is 5.32 Å². The Balaban J connectivity index is 1.44. The number of carbonyl (C=O) groups excluding carboxylic acids is 3. The van der Waals surface area contributed by atoms with Crippen molar-refractivity contribution in [1.82, 2.24) is 15.1 Å². The molecule has 1 aliphatic carbocycles. The SMILES string of the molecule is C[C@H]1C[C@@H]1C(=O)NCCC(=O)N1CCN(C(=O)c2cccc(Cl)c2Cl)CC1. The Hall–Kier alpha value is -1.79. The number of carbonyl (C=O) groups is 3. The Bertz CT molecular complexity index is 748. The summed E-state index contributed by atoms with van der Waals surface area (Å²) in [5.74, 6) is 0.434. The number of hydrogen-bond acceptors (Lipinski definition) is 3. The fraction of sp³-hybridized carbons (Fsp3) is 0.526. The lowest BCUT2D eigenvalue weighted by Crippen LogP contribution is -2.51. The first-order valence-corrected chi connectivity index (χ1v) is 9.93. The molecule has 2 fully saturated rings. The van der Waals surface area contributed by atoms with Crippen molar-refractivity contribution in [3.63, 3.8) is 0 Å². The highest BCUT2D eigenvalue weighted by atomic mass is 35.5. The number of rotatable bonds is 5. The normalized spacial score (nSPS) is 21.7. The third kappa shape index (κ3) is 4.74. The summed E-state index contributed by atoms with van der Waals surface area (Å²) < 4.78 is 0. The highest BCUT2D eigenvalue weighted by Crippen LogP contribution is 2.37. The van der Waals surface area contributed by atoms with Gasteiger partial charge in [-0.05, 0) is 24.5 Å². The van der Waals surface area contributed by atoms with Gasteiger partial charge in [-0.25, -0.2) is 0 Å². The summed E-state index contributed by atoms with van der Waals surface area (Å²) in [4.78, 5) is 40.1. The van der Waals surface area contributed by atoms with Crippen molar-refractivity contribution < 1.29 is 14.4 Å². The second kappa shape index (κ2) is 8.48. The van der Waals surface area contributed by atoms with E-state index in [9.17, 15) is 14.4 Å². The molecule has 0 radical (unpaired) electrons. The minimum absolute atomic E-state index is 0.00738. The largest absolute Gasteiger partial charge is 0.355 e. The Morgan fingerprint density at radius 2 is 1.74 bits per heavy atom. The maximum absolute atomic E-state index is 12.6. The number of nitrogens with one attached hydrogen (secondary N) is 1. The summed E-state index contributed by atoms with van der Waals surface area (Å²) in [5.41, 5.74) is 0.376. The molecule has 1 saturated carbocycles. The van der Waals surface area contributed by atoms with Gasteiger partial charge in [0, 0.05) is 45.1 Å². The van der Waals surface area contributed by atoms with Gasteiger partial charge in [-0.15, -0.1) is 0 Å². The molecular weight excluding hydrogens is 389 g/mol.